The standard InChI is InChI=1S/C26H27Cl2N3O5S2/c1-18-6-9-24(38(35,36)31-12-4-2-3-5-13-31)17-25(18)26(32)29-21-7-10-23(11-8-21)37(33,34)30-22-15-19(27)14-20(28)16-22/h6-11,14-17,30H,2-5,12-13H2,1H3,(H,29,32). The van der Waals surface area contributed by atoms with E-state index in [9.17, 15) is 21.6 Å². The zero-order chi connectivity index (χ0) is 27.5. The van der Waals surface area contributed by atoms with Gasteiger partial charge in [0.15, 0.2) is 0 Å². The van der Waals surface area contributed by atoms with Gasteiger partial charge in [0, 0.05) is 34.4 Å². The minimum absolute atomic E-state index is 0.0340. The molecule has 0 bridgehead atoms. The van der Waals surface area contributed by atoms with E-state index in [-0.39, 0.29) is 31.1 Å². The molecule has 0 atom stereocenters. The third-order valence-corrected chi connectivity index (χ3v) is 9.92. The minimum Gasteiger partial charge on any atom is -0.322 e. The molecular weight excluding hydrogens is 569 g/mol. The second-order valence-electron chi connectivity index (χ2n) is 9.04. The van der Waals surface area contributed by atoms with Gasteiger partial charge in [0.1, 0.15) is 0 Å². The lowest BCUT2D eigenvalue weighted by Gasteiger charge is -2.20. The van der Waals surface area contributed by atoms with E-state index in [0.717, 1.165) is 25.7 Å². The summed E-state index contributed by atoms with van der Waals surface area (Å²) < 4.78 is 55.8. The van der Waals surface area contributed by atoms with E-state index in [1.165, 1.54) is 58.9 Å². The Hall–Kier alpha value is -2.63. The quantitative estimate of drug-likeness (QED) is 0.352. The molecule has 4 rings (SSSR count). The number of amides is 1. The number of nitrogens with zero attached hydrogens (tertiary/aromatic N) is 1. The van der Waals surface area contributed by atoms with Gasteiger partial charge in [0.2, 0.25) is 10.0 Å². The van der Waals surface area contributed by atoms with Crippen LogP contribution in [-0.2, 0) is 20.0 Å². The Kier molecular flexibility index (Phi) is 8.68. The molecule has 0 unspecified atom stereocenters. The van der Waals surface area contributed by atoms with Crippen LogP contribution in [0.3, 0.4) is 0 Å². The molecule has 8 nitrogen and oxygen atoms in total. The molecule has 1 heterocycles. The molecule has 2 N–H and O–H groups in total. The maximum atomic E-state index is 13.2. The fourth-order valence-corrected chi connectivity index (χ4v) is 7.29. The average Bonchev–Trinajstić information content (AvgIpc) is 3.14. The topological polar surface area (TPSA) is 113 Å². The molecule has 0 radical (unpaired) electrons. The largest absolute Gasteiger partial charge is 0.322 e. The monoisotopic (exact) mass is 595 g/mol. The minimum atomic E-state index is -3.94. The molecule has 0 aliphatic carbocycles. The highest BCUT2D eigenvalue weighted by Gasteiger charge is 2.26. The number of sulfonamides is 2. The van der Waals surface area contributed by atoms with Crippen LogP contribution in [0.2, 0.25) is 10.0 Å². The normalized spacial score (nSPS) is 15.0. The lowest BCUT2D eigenvalue weighted by molar-refractivity contribution is 0.102. The Labute approximate surface area is 233 Å². The first-order valence-electron chi connectivity index (χ1n) is 12.0. The van der Waals surface area contributed by atoms with Crippen LogP contribution in [0.25, 0.3) is 0 Å². The Morgan fingerprint density at radius 3 is 1.95 bits per heavy atom. The van der Waals surface area contributed by atoms with Gasteiger partial charge < -0.3 is 5.32 Å². The van der Waals surface area contributed by atoms with Crippen LogP contribution in [0.1, 0.15) is 41.6 Å². The highest BCUT2D eigenvalue weighted by atomic mass is 35.5. The second-order valence-corrected chi connectivity index (χ2v) is 13.5. The smallest absolute Gasteiger partial charge is 0.261 e. The molecule has 1 fully saturated rings. The van der Waals surface area contributed by atoms with Crippen molar-refractivity contribution in [3.05, 3.63) is 81.8 Å². The molecule has 1 aliphatic heterocycles. The van der Waals surface area contributed by atoms with Crippen molar-refractivity contribution in [2.75, 3.05) is 23.1 Å². The van der Waals surface area contributed by atoms with Gasteiger partial charge in [-0.3, -0.25) is 9.52 Å². The maximum Gasteiger partial charge on any atom is 0.261 e. The molecule has 3 aromatic rings. The number of hydrogen-bond donors (Lipinski definition) is 2. The van der Waals surface area contributed by atoms with Crippen molar-refractivity contribution in [1.29, 1.82) is 0 Å². The van der Waals surface area contributed by atoms with Gasteiger partial charge in [-0.15, -0.1) is 0 Å². The summed E-state index contributed by atoms with van der Waals surface area (Å²) in [7, 11) is -7.66. The number of carbonyl (C=O) groups is 1. The number of aryl methyl sites for hydroxylation is 1. The Morgan fingerprint density at radius 2 is 1.34 bits per heavy atom. The van der Waals surface area contributed by atoms with Gasteiger partial charge >= 0.3 is 0 Å². The van der Waals surface area contributed by atoms with Crippen molar-refractivity contribution < 1.29 is 21.6 Å². The molecule has 0 aromatic heterocycles. The molecule has 1 aliphatic rings. The number of anilines is 2. The summed E-state index contributed by atoms with van der Waals surface area (Å²) in [5, 5.41) is 3.28. The van der Waals surface area contributed by atoms with E-state index >= 15 is 0 Å². The summed E-state index contributed by atoms with van der Waals surface area (Å²) in [5.41, 5.74) is 1.39. The lowest BCUT2D eigenvalue weighted by Crippen LogP contribution is -2.32. The summed E-state index contributed by atoms with van der Waals surface area (Å²) in [6.07, 6.45) is 3.62. The van der Waals surface area contributed by atoms with Gasteiger partial charge in [-0.25, -0.2) is 16.8 Å². The fourth-order valence-electron chi connectivity index (χ4n) is 4.18. The van der Waals surface area contributed by atoms with Crippen LogP contribution in [-0.4, -0.2) is 40.1 Å². The zero-order valence-electron chi connectivity index (χ0n) is 20.6. The van der Waals surface area contributed by atoms with Crippen molar-refractivity contribution in [3.8, 4) is 0 Å². The third kappa shape index (κ3) is 6.68. The Morgan fingerprint density at radius 1 is 0.763 bits per heavy atom. The van der Waals surface area contributed by atoms with Crippen LogP contribution in [0, 0.1) is 6.92 Å². The first-order chi connectivity index (χ1) is 18.0. The molecule has 12 heteroatoms. The van der Waals surface area contributed by atoms with Crippen LogP contribution in [0.15, 0.2) is 70.5 Å². The molecule has 3 aromatic carbocycles. The molecule has 1 amide bonds. The van der Waals surface area contributed by atoms with E-state index in [4.69, 9.17) is 23.2 Å². The average molecular weight is 597 g/mol. The Balaban J connectivity index is 1.50. The first-order valence-corrected chi connectivity index (χ1v) is 15.6. The van der Waals surface area contributed by atoms with Crippen LogP contribution >= 0.6 is 23.2 Å². The molecule has 0 spiro atoms. The molecule has 38 heavy (non-hydrogen) atoms. The highest BCUT2D eigenvalue weighted by Crippen LogP contribution is 2.26. The van der Waals surface area contributed by atoms with Crippen LogP contribution < -0.4 is 10.0 Å². The van der Waals surface area contributed by atoms with Crippen molar-refractivity contribution >= 4 is 60.5 Å². The Bertz CT molecular complexity index is 1530. The van der Waals surface area contributed by atoms with Crippen molar-refractivity contribution in [2.45, 2.75) is 42.4 Å². The predicted octanol–water partition coefficient (Wildman–Crippen LogP) is 5.92. The molecular formula is C26H27Cl2N3O5S2. The van der Waals surface area contributed by atoms with E-state index < -0.39 is 26.0 Å². The number of benzene rings is 3. The number of halogens is 2. The van der Waals surface area contributed by atoms with Crippen molar-refractivity contribution in [1.82, 2.24) is 4.31 Å². The third-order valence-electron chi connectivity index (χ3n) is 6.19. The van der Waals surface area contributed by atoms with Gasteiger partial charge in [0.05, 0.1) is 15.5 Å². The second kappa shape index (κ2) is 11.6. The summed E-state index contributed by atoms with van der Waals surface area (Å²) in [6, 6.07) is 14.5. The number of hydrogen-bond acceptors (Lipinski definition) is 5. The fraction of sp³-hybridized carbons (Fsp3) is 0.269. The predicted molar refractivity (Wildman–Crippen MR) is 150 cm³/mol. The lowest BCUT2D eigenvalue weighted by atomic mass is 10.1. The van der Waals surface area contributed by atoms with Crippen molar-refractivity contribution in [3.63, 3.8) is 0 Å². The number of carbonyl (C=O) groups excluding carboxylic acids is 1. The summed E-state index contributed by atoms with van der Waals surface area (Å²) >= 11 is 11.9. The number of nitrogens with one attached hydrogen (secondary N) is 2. The summed E-state index contributed by atoms with van der Waals surface area (Å²) in [5.74, 6) is -0.502. The number of rotatable bonds is 7. The van der Waals surface area contributed by atoms with E-state index in [1.54, 1.807) is 13.0 Å². The van der Waals surface area contributed by atoms with E-state index in [1.807, 2.05) is 0 Å². The van der Waals surface area contributed by atoms with Crippen LogP contribution in [0.4, 0.5) is 11.4 Å². The molecule has 202 valence electrons. The molecule has 0 saturated carbocycles. The van der Waals surface area contributed by atoms with Gasteiger partial charge in [-0.2, -0.15) is 4.31 Å². The van der Waals surface area contributed by atoms with E-state index in [2.05, 4.69) is 10.0 Å². The van der Waals surface area contributed by atoms with Crippen molar-refractivity contribution in [2.24, 2.45) is 0 Å². The summed E-state index contributed by atoms with van der Waals surface area (Å²) in [6.45, 7) is 2.65. The van der Waals surface area contributed by atoms with Gasteiger partial charge in [-0.1, -0.05) is 42.1 Å². The van der Waals surface area contributed by atoms with Crippen LogP contribution in [0.5, 0.6) is 0 Å². The van der Waals surface area contributed by atoms with E-state index in [0.29, 0.717) is 24.3 Å². The maximum absolute atomic E-state index is 13.2. The zero-order valence-corrected chi connectivity index (χ0v) is 23.7. The first kappa shape index (κ1) is 28.4. The van der Waals surface area contributed by atoms with Gasteiger partial charge in [0.25, 0.3) is 15.9 Å². The highest BCUT2D eigenvalue weighted by molar-refractivity contribution is 7.92. The SMILES string of the molecule is Cc1ccc(S(=O)(=O)N2CCCCCC2)cc1C(=O)Nc1ccc(S(=O)(=O)Nc2cc(Cl)cc(Cl)c2)cc1. The van der Waals surface area contributed by atoms with Gasteiger partial charge in [-0.05, 0) is 79.9 Å². The summed E-state index contributed by atoms with van der Waals surface area (Å²) in [4.78, 5) is 13.1. The molecule has 1 saturated heterocycles.